The van der Waals surface area contributed by atoms with Crippen LogP contribution in [0.15, 0.2) is 24.3 Å². The van der Waals surface area contributed by atoms with Crippen LogP contribution < -0.4 is 0 Å². The molecule has 0 saturated carbocycles. The lowest BCUT2D eigenvalue weighted by molar-refractivity contribution is -0.161. The van der Waals surface area contributed by atoms with Gasteiger partial charge < -0.3 is 33.8 Å². The quantitative estimate of drug-likeness (QED) is 0.0169. The predicted molar refractivity (Wildman–Crippen MR) is 344 cm³/mol. The second-order valence-corrected chi connectivity index (χ2v) is 26.9. The summed E-state index contributed by atoms with van der Waals surface area (Å²) in [5.74, 6) is -1.38. The van der Waals surface area contributed by atoms with Gasteiger partial charge in [0, 0.05) is 25.7 Å². The molecule has 0 aliphatic rings. The average molecular weight is 1270 g/mol. The van der Waals surface area contributed by atoms with Crippen LogP contribution in [0, 0.1) is 5.92 Å². The fourth-order valence-corrected chi connectivity index (χ4v) is 11.2. The third kappa shape index (κ3) is 60.5. The van der Waals surface area contributed by atoms with Crippen molar-refractivity contribution in [3.05, 3.63) is 24.3 Å². The van der Waals surface area contributed by atoms with E-state index in [9.17, 15) is 43.2 Å². The molecule has 19 heteroatoms. The lowest BCUT2D eigenvalue weighted by Crippen LogP contribution is -2.30. The number of rotatable bonds is 65. The Morgan fingerprint density at radius 1 is 0.360 bits per heavy atom. The van der Waals surface area contributed by atoms with Crippen molar-refractivity contribution in [1.82, 2.24) is 0 Å². The summed E-state index contributed by atoms with van der Waals surface area (Å²) in [5, 5.41) is 10.5. The van der Waals surface area contributed by atoms with E-state index in [0.717, 1.165) is 121 Å². The molecule has 0 fully saturated rings. The van der Waals surface area contributed by atoms with Crippen molar-refractivity contribution in [2.45, 2.75) is 335 Å². The van der Waals surface area contributed by atoms with Crippen molar-refractivity contribution in [2.75, 3.05) is 39.6 Å². The Bertz CT molecular complexity index is 1760. The van der Waals surface area contributed by atoms with Crippen LogP contribution in [0.25, 0.3) is 0 Å². The molecule has 3 N–H and O–H groups in total. The van der Waals surface area contributed by atoms with Crippen LogP contribution in [0.2, 0.25) is 0 Å². The van der Waals surface area contributed by atoms with Crippen molar-refractivity contribution in [1.29, 1.82) is 0 Å². The van der Waals surface area contributed by atoms with Crippen molar-refractivity contribution in [3.63, 3.8) is 0 Å². The maximum Gasteiger partial charge on any atom is 0.472 e. The molecule has 506 valence electrons. The Labute approximate surface area is 522 Å². The van der Waals surface area contributed by atoms with Crippen LogP contribution in [0.1, 0.15) is 317 Å². The maximum absolute atomic E-state index is 13.0. The molecular formula is C67H126O17P2. The molecule has 0 aromatic carbocycles. The average Bonchev–Trinajstić information content (AvgIpc) is 3.63. The van der Waals surface area contributed by atoms with Gasteiger partial charge in [-0.15, -0.1) is 0 Å². The fourth-order valence-electron chi connectivity index (χ4n) is 9.57. The molecular weight excluding hydrogens is 1140 g/mol. The Balaban J connectivity index is 5.24. The summed E-state index contributed by atoms with van der Waals surface area (Å²) < 4.78 is 68.0. The van der Waals surface area contributed by atoms with E-state index in [1.807, 2.05) is 0 Å². The number of ether oxygens (including phenoxy) is 4. The first-order valence-electron chi connectivity index (χ1n) is 34.5. The molecule has 0 saturated heterocycles. The Morgan fingerprint density at radius 3 is 0.953 bits per heavy atom. The van der Waals surface area contributed by atoms with Crippen molar-refractivity contribution in [2.24, 2.45) is 5.92 Å². The van der Waals surface area contributed by atoms with Crippen molar-refractivity contribution < 1.29 is 80.2 Å². The van der Waals surface area contributed by atoms with E-state index in [1.54, 1.807) is 0 Å². The molecule has 0 bridgehead atoms. The highest BCUT2D eigenvalue weighted by atomic mass is 31.2. The first kappa shape index (κ1) is 83.5. The molecule has 0 aromatic rings. The molecule has 0 aromatic heterocycles. The topological polar surface area (TPSA) is 237 Å². The smallest absolute Gasteiger partial charge is 0.462 e. The maximum atomic E-state index is 13.0. The van der Waals surface area contributed by atoms with E-state index < -0.39 is 97.5 Å². The summed E-state index contributed by atoms with van der Waals surface area (Å²) >= 11 is 0. The predicted octanol–water partition coefficient (Wildman–Crippen LogP) is 18.5. The molecule has 0 radical (unpaired) electrons. The summed E-state index contributed by atoms with van der Waals surface area (Å²) in [6.07, 6.45) is 48.1. The Morgan fingerprint density at radius 2 is 0.628 bits per heavy atom. The van der Waals surface area contributed by atoms with Crippen LogP contribution in [0.5, 0.6) is 0 Å². The number of phosphoric ester groups is 2. The summed E-state index contributed by atoms with van der Waals surface area (Å²) in [6.45, 7) is 7.11. The summed E-state index contributed by atoms with van der Waals surface area (Å²) in [7, 11) is -9.90. The highest BCUT2D eigenvalue weighted by Gasteiger charge is 2.30. The van der Waals surface area contributed by atoms with E-state index in [0.29, 0.717) is 25.7 Å². The second kappa shape index (κ2) is 60.1. The number of aliphatic hydroxyl groups is 1. The molecule has 0 rings (SSSR count). The van der Waals surface area contributed by atoms with Crippen molar-refractivity contribution in [3.8, 4) is 0 Å². The largest absolute Gasteiger partial charge is 0.472 e. The van der Waals surface area contributed by atoms with Crippen LogP contribution in [0.3, 0.4) is 0 Å². The minimum Gasteiger partial charge on any atom is -0.462 e. The zero-order chi connectivity index (χ0) is 63.5. The van der Waals surface area contributed by atoms with Crippen LogP contribution in [-0.2, 0) is 65.4 Å². The molecule has 2 unspecified atom stereocenters. The molecule has 0 aliphatic carbocycles. The van der Waals surface area contributed by atoms with Gasteiger partial charge in [-0.25, -0.2) is 9.13 Å². The lowest BCUT2D eigenvalue weighted by atomic mass is 10.0. The van der Waals surface area contributed by atoms with Gasteiger partial charge in [0.1, 0.15) is 19.3 Å². The molecule has 0 amide bonds. The normalized spacial score (nSPS) is 14.3. The van der Waals surface area contributed by atoms with E-state index in [-0.39, 0.29) is 25.7 Å². The first-order chi connectivity index (χ1) is 41.5. The Hall–Kier alpha value is -2.46. The van der Waals surface area contributed by atoms with Gasteiger partial charge in [-0.3, -0.25) is 37.3 Å². The highest BCUT2D eigenvalue weighted by Crippen LogP contribution is 2.45. The van der Waals surface area contributed by atoms with Gasteiger partial charge >= 0.3 is 39.5 Å². The summed E-state index contributed by atoms with van der Waals surface area (Å²) in [4.78, 5) is 72.2. The minimum atomic E-state index is -4.96. The zero-order valence-electron chi connectivity index (χ0n) is 54.9. The third-order valence-corrected chi connectivity index (χ3v) is 16.8. The van der Waals surface area contributed by atoms with Gasteiger partial charge in [-0.2, -0.15) is 0 Å². The van der Waals surface area contributed by atoms with E-state index >= 15 is 0 Å². The van der Waals surface area contributed by atoms with Gasteiger partial charge in [0.15, 0.2) is 12.2 Å². The van der Waals surface area contributed by atoms with Crippen LogP contribution in [0.4, 0.5) is 0 Å². The number of phosphoric acid groups is 2. The van der Waals surface area contributed by atoms with Gasteiger partial charge in [0.05, 0.1) is 26.4 Å². The zero-order valence-corrected chi connectivity index (χ0v) is 56.7. The number of allylic oxidation sites excluding steroid dienone is 4. The number of hydrogen-bond donors (Lipinski definition) is 3. The van der Waals surface area contributed by atoms with Gasteiger partial charge in [-0.1, -0.05) is 264 Å². The SMILES string of the molecule is CCCCCC/C=C\C=C/CCCCCCCC(=O)O[C@H](COC(=O)CCCCCCCCCCCCCCC(C)C)COP(=O)(O)OC[C@@H](O)COP(=O)(O)OC[C@@H](COC(=O)CCCCCCCCCC)OC(=O)CCCCCCCCCC. The molecule has 0 spiro atoms. The number of unbranched alkanes of at least 4 members (excludes halogenated alkanes) is 34. The first-order valence-corrected chi connectivity index (χ1v) is 37.4. The van der Waals surface area contributed by atoms with Gasteiger partial charge in [0.25, 0.3) is 0 Å². The number of aliphatic hydroxyl groups excluding tert-OH is 1. The molecule has 0 aliphatic heterocycles. The standard InChI is InChI=1S/C67H126O17P2/c1-6-9-12-15-18-21-22-23-24-25-30-33-38-43-48-53-67(72)84-63(57-78-65(70)51-46-41-37-32-29-27-26-28-31-34-39-44-49-60(4)5)59-82-86(75,76)80-55-61(68)54-79-85(73,74)81-58-62(83-66(71)52-47-42-36-20-17-14-11-8-3)56-77-64(69)50-45-40-35-19-16-13-10-7-2/h21-24,60-63,68H,6-20,25-59H2,1-5H3,(H,73,74)(H,75,76)/b22-21-,24-23-/t61-,62+,63+/m0/s1. The number of esters is 4. The summed E-state index contributed by atoms with van der Waals surface area (Å²) in [5.41, 5.74) is 0. The molecule has 0 heterocycles. The van der Waals surface area contributed by atoms with Gasteiger partial charge in [-0.05, 0) is 57.3 Å². The molecule has 5 atom stereocenters. The van der Waals surface area contributed by atoms with Crippen molar-refractivity contribution >= 4 is 39.5 Å². The van der Waals surface area contributed by atoms with Crippen LogP contribution >= 0.6 is 15.6 Å². The second-order valence-electron chi connectivity index (χ2n) is 24.0. The molecule has 17 nitrogen and oxygen atoms in total. The van der Waals surface area contributed by atoms with E-state index in [2.05, 4.69) is 58.9 Å². The minimum absolute atomic E-state index is 0.0851. The van der Waals surface area contributed by atoms with E-state index in [1.165, 1.54) is 116 Å². The van der Waals surface area contributed by atoms with Gasteiger partial charge in [0.2, 0.25) is 0 Å². The number of hydrogen-bond acceptors (Lipinski definition) is 15. The fraction of sp³-hybridized carbons (Fsp3) is 0.881. The van der Waals surface area contributed by atoms with Crippen LogP contribution in [-0.4, -0.2) is 96.7 Å². The summed E-state index contributed by atoms with van der Waals surface area (Å²) in [6, 6.07) is 0. The third-order valence-electron chi connectivity index (χ3n) is 14.9. The lowest BCUT2D eigenvalue weighted by Gasteiger charge is -2.21. The van der Waals surface area contributed by atoms with E-state index in [4.69, 9.17) is 37.0 Å². The molecule has 86 heavy (non-hydrogen) atoms. The Kier molecular flexibility index (Phi) is 58.4. The number of carbonyl (C=O) groups excluding carboxylic acids is 4. The highest BCUT2D eigenvalue weighted by molar-refractivity contribution is 7.47. The number of carbonyl (C=O) groups is 4. The monoisotopic (exact) mass is 1260 g/mol.